The zero-order valence-electron chi connectivity index (χ0n) is 4.12. The number of hydrogen-bond donors (Lipinski definition) is 2. The van der Waals surface area contributed by atoms with Crippen LogP contribution in [0, 0.1) is 0 Å². The van der Waals surface area contributed by atoms with E-state index in [-0.39, 0.29) is 59.1 Å². The Kier molecular flexibility index (Phi) is 14.1. The third-order valence-corrected chi connectivity index (χ3v) is 0. The van der Waals surface area contributed by atoms with Crippen LogP contribution in [0.3, 0.4) is 0 Å². The van der Waals surface area contributed by atoms with Crippen molar-refractivity contribution in [3.63, 3.8) is 0 Å². The van der Waals surface area contributed by atoms with Crippen molar-refractivity contribution in [3.8, 4) is 0 Å². The predicted molar refractivity (Wildman–Crippen MR) is 13.7 cm³/mol. The molecule has 1 N–H and O–H groups in total. The largest absolute Gasteiger partial charge is 1.00 e. The van der Waals surface area contributed by atoms with Gasteiger partial charge in [-0.05, 0) is 0 Å². The monoisotopic (exact) mass is 144 g/mol. The first kappa shape index (κ1) is 16.0. The van der Waals surface area contributed by atoms with Gasteiger partial charge in [0, 0.05) is 0 Å². The van der Waals surface area contributed by atoms with Crippen LogP contribution in [0.1, 0.15) is 0 Å². The summed E-state index contributed by atoms with van der Waals surface area (Å²) in [5.41, 5.74) is 0. The molecule has 0 aromatic carbocycles. The van der Waals surface area contributed by atoms with Gasteiger partial charge >= 0.3 is 59.1 Å². The number of thiol groups is 1. The Bertz CT molecular complexity index is 55.8. The van der Waals surface area contributed by atoms with Crippen LogP contribution in [0.25, 0.3) is 0 Å². The molecule has 34 valence electrons. The Morgan fingerprint density at radius 2 is 1.29 bits per heavy atom. The number of rotatable bonds is 0. The fraction of sp³-hybridized carbons (Fsp3) is 0. The van der Waals surface area contributed by atoms with Gasteiger partial charge in [0.25, 0.3) is 0 Å². The van der Waals surface area contributed by atoms with Crippen LogP contribution < -0.4 is 59.1 Å². The van der Waals surface area contributed by atoms with Crippen molar-refractivity contribution in [1.82, 2.24) is 0 Å². The van der Waals surface area contributed by atoms with E-state index in [1.54, 1.807) is 0 Å². The summed E-state index contributed by atoms with van der Waals surface area (Å²) < 4.78 is 32.9. The van der Waals surface area contributed by atoms with E-state index in [9.17, 15) is 0 Å². The topological polar surface area (TPSA) is 83.4 Å². The molecule has 0 aromatic rings. The molecule has 0 aliphatic carbocycles. The van der Waals surface area contributed by atoms with Crippen LogP contribution in [0.15, 0.2) is 0 Å². The second-order valence-electron chi connectivity index (χ2n) is 0.469. The van der Waals surface area contributed by atoms with Crippen molar-refractivity contribution in [2.45, 2.75) is 0 Å². The molecule has 0 aliphatic rings. The first-order valence-corrected chi connectivity index (χ1v) is 2.24. The van der Waals surface area contributed by atoms with Gasteiger partial charge < -0.3 is 13.7 Å². The van der Waals surface area contributed by atoms with Gasteiger partial charge in [-0.3, -0.25) is 4.21 Å². The molecule has 0 spiro atoms. The normalized spacial score (nSPS) is 10.7. The van der Waals surface area contributed by atoms with Crippen LogP contribution in [-0.2, 0) is 10.8 Å². The summed E-state index contributed by atoms with van der Waals surface area (Å²) >= 11 is 0. The van der Waals surface area contributed by atoms with E-state index < -0.39 is 10.8 Å². The second kappa shape index (κ2) is 6.15. The molecule has 0 heterocycles. The van der Waals surface area contributed by atoms with Crippen molar-refractivity contribution in [2.24, 2.45) is 0 Å². The number of hydrogen-bond acceptors (Lipinski definition) is 3. The van der Waals surface area contributed by atoms with Gasteiger partial charge in [0.1, 0.15) is 0 Å². The van der Waals surface area contributed by atoms with E-state index in [4.69, 9.17) is 17.9 Å². The second-order valence-corrected chi connectivity index (χ2v) is 1.41. The first-order chi connectivity index (χ1) is 2.00. The summed E-state index contributed by atoms with van der Waals surface area (Å²) in [5, 5.41) is 0. The Hall–Kier alpha value is 2.03. The van der Waals surface area contributed by atoms with Crippen molar-refractivity contribution in [3.05, 3.63) is 0 Å². The van der Waals surface area contributed by atoms with Gasteiger partial charge in [0.05, 0.1) is 0 Å². The van der Waals surface area contributed by atoms with Crippen LogP contribution in [0.5, 0.6) is 0 Å². The molecule has 0 radical (unpaired) electrons. The maximum absolute atomic E-state index is 8.66. The molecule has 0 bridgehead atoms. The van der Waals surface area contributed by atoms with Gasteiger partial charge in [0.15, 0.2) is 0 Å². The summed E-state index contributed by atoms with van der Waals surface area (Å²) in [7, 11) is -5.14. The molecule has 4 nitrogen and oxygen atoms in total. The Morgan fingerprint density at radius 3 is 1.29 bits per heavy atom. The minimum Gasteiger partial charge on any atom is -0.782 e. The smallest absolute Gasteiger partial charge is 0.782 e. The van der Waals surface area contributed by atoms with Gasteiger partial charge in [-0.2, -0.15) is 0 Å². The summed E-state index contributed by atoms with van der Waals surface area (Å²) in [6, 6.07) is 0. The average Bonchev–Trinajstić information content (AvgIpc) is 0.722. The van der Waals surface area contributed by atoms with E-state index in [0.717, 1.165) is 0 Å². The third-order valence-electron chi connectivity index (χ3n) is 0. The standard InChI is InChI=1S/2Na.H4O4S/c;;1-5(2,3)4/h;;5H,(H3,1,2,3,4)/q2*+1;/p-2. The molecule has 0 saturated carbocycles. The average molecular weight is 144 g/mol. The van der Waals surface area contributed by atoms with E-state index >= 15 is 0 Å². The van der Waals surface area contributed by atoms with E-state index in [2.05, 4.69) is 0 Å². The summed E-state index contributed by atoms with van der Waals surface area (Å²) in [6.45, 7) is 0. The van der Waals surface area contributed by atoms with E-state index in [1.807, 2.05) is 0 Å². The van der Waals surface area contributed by atoms with Crippen molar-refractivity contribution >= 4 is 10.8 Å². The summed E-state index contributed by atoms with van der Waals surface area (Å²) in [5.74, 6) is 0. The maximum atomic E-state index is 8.66. The summed E-state index contributed by atoms with van der Waals surface area (Å²) in [4.78, 5) is 0. The van der Waals surface area contributed by atoms with Gasteiger partial charge in [-0.25, -0.2) is 0 Å². The zero-order chi connectivity index (χ0) is 4.50. The van der Waals surface area contributed by atoms with Crippen LogP contribution in [-0.4, -0.2) is 17.9 Å². The van der Waals surface area contributed by atoms with E-state index in [1.165, 1.54) is 0 Å². The molecule has 7 heavy (non-hydrogen) atoms. The van der Waals surface area contributed by atoms with Crippen LogP contribution in [0.2, 0.25) is 0 Å². The minimum absolute atomic E-state index is 0. The fourth-order valence-corrected chi connectivity index (χ4v) is 0. The van der Waals surface area contributed by atoms with Crippen molar-refractivity contribution in [1.29, 1.82) is 0 Å². The molecule has 0 amide bonds. The van der Waals surface area contributed by atoms with Crippen molar-refractivity contribution in [2.75, 3.05) is 0 Å². The molecule has 0 unspecified atom stereocenters. The minimum atomic E-state index is -5.14. The Balaban J connectivity index is -0.0000000800. The van der Waals surface area contributed by atoms with E-state index in [0.29, 0.717) is 0 Å². The van der Waals surface area contributed by atoms with Crippen molar-refractivity contribution < 1.29 is 77.0 Å². The Labute approximate surface area is 86.6 Å². The molecular formula is H2Na2O4S. The quantitative estimate of drug-likeness (QED) is 0.261. The Morgan fingerprint density at radius 1 is 1.29 bits per heavy atom. The van der Waals surface area contributed by atoms with Crippen LogP contribution >= 0.6 is 0 Å². The maximum Gasteiger partial charge on any atom is 1.00 e. The predicted octanol–water partition coefficient (Wildman–Crippen LogP) is -7.26. The molecule has 0 fully saturated rings. The molecule has 7 heteroatoms. The fourth-order valence-electron chi connectivity index (χ4n) is 0. The van der Waals surface area contributed by atoms with Gasteiger partial charge in [-0.1, -0.05) is 0 Å². The van der Waals surface area contributed by atoms with Crippen LogP contribution in [0.4, 0.5) is 0 Å². The first-order valence-electron chi connectivity index (χ1n) is 0.748. The summed E-state index contributed by atoms with van der Waals surface area (Å²) in [6.07, 6.45) is 0. The van der Waals surface area contributed by atoms with Gasteiger partial charge in [0.2, 0.25) is 0 Å². The molecule has 0 rings (SSSR count). The molecular weight excluding hydrogens is 142 g/mol. The zero-order valence-corrected chi connectivity index (χ0v) is 9.01. The molecule has 0 aliphatic heterocycles. The molecule has 0 aromatic heterocycles. The molecule has 0 saturated heterocycles. The third kappa shape index (κ3) is 70.9. The SMILES string of the molecule is O=[SH]([O-])([O-])O.[Na+].[Na+]. The molecule has 0 atom stereocenters. The van der Waals surface area contributed by atoms with Gasteiger partial charge in [-0.15, -0.1) is 10.8 Å².